The first-order valence-electron chi connectivity index (χ1n) is 16.5. The van der Waals surface area contributed by atoms with E-state index in [1.165, 1.54) is 0 Å². The molecule has 11 nitrogen and oxygen atoms in total. The summed E-state index contributed by atoms with van der Waals surface area (Å²) in [4.78, 5) is 15.1. The molecule has 6 rings (SSSR count). The number of benzene rings is 4. The summed E-state index contributed by atoms with van der Waals surface area (Å²) < 4.78 is 71.3. The van der Waals surface area contributed by atoms with Gasteiger partial charge in [-0.25, -0.2) is 4.79 Å². The molecule has 0 saturated heterocycles. The molecule has 0 unspecified atom stereocenters. The Kier molecular flexibility index (Phi) is 10.5. The molecule has 4 aromatic carbocycles. The van der Waals surface area contributed by atoms with Gasteiger partial charge in [0.25, 0.3) is 0 Å². The van der Waals surface area contributed by atoms with Crippen LogP contribution in [0.2, 0.25) is 0 Å². The van der Waals surface area contributed by atoms with Crippen LogP contribution in [0.25, 0.3) is 0 Å². The van der Waals surface area contributed by atoms with Gasteiger partial charge in [0.05, 0.1) is 0 Å². The first-order chi connectivity index (χ1) is 24.4. The minimum atomic E-state index is -4.64. The highest BCUT2D eigenvalue weighted by atomic mass is 31.2. The number of rotatable bonds is 12. The molecule has 4 aromatic rings. The molecule has 0 aromatic heterocycles. The second kappa shape index (κ2) is 15.0. The summed E-state index contributed by atoms with van der Waals surface area (Å²) in [7, 11) is -9.27. The van der Waals surface area contributed by atoms with Crippen molar-refractivity contribution in [2.24, 2.45) is 5.41 Å². The van der Waals surface area contributed by atoms with Gasteiger partial charge in [0.15, 0.2) is 0 Å². The third-order valence-electron chi connectivity index (χ3n) is 7.63. The van der Waals surface area contributed by atoms with Gasteiger partial charge in [-0.15, -0.1) is 0 Å². The van der Waals surface area contributed by atoms with Gasteiger partial charge in [-0.05, 0) is 94.3 Å². The normalized spacial score (nSPS) is 15.6. The number of phosphoric ester groups is 2. The Morgan fingerprint density at radius 2 is 0.863 bits per heavy atom. The van der Waals surface area contributed by atoms with Crippen LogP contribution in [-0.2, 0) is 22.9 Å². The maximum Gasteiger partial charge on any atom is 0.648 e. The molecule has 0 atom stereocenters. The number of para-hydroxylation sites is 4. The molecule has 266 valence electrons. The molecule has 1 saturated carbocycles. The van der Waals surface area contributed by atoms with Crippen molar-refractivity contribution >= 4 is 21.7 Å². The van der Waals surface area contributed by atoms with E-state index in [0.717, 1.165) is 17.7 Å². The summed E-state index contributed by atoms with van der Waals surface area (Å²) in [5.41, 5.74) is -1.76. The van der Waals surface area contributed by atoms with Crippen molar-refractivity contribution in [1.82, 2.24) is 4.90 Å². The van der Waals surface area contributed by atoms with Crippen LogP contribution in [0, 0.1) is 5.41 Å². The topological polar surface area (TPSA) is 119 Å². The van der Waals surface area contributed by atoms with Crippen molar-refractivity contribution in [2.45, 2.75) is 52.1 Å². The Bertz CT molecular complexity index is 1730. The number of hydrogen-bond acceptors (Lipinski definition) is 10. The number of carbonyl (C=O) groups is 1. The van der Waals surface area contributed by atoms with Crippen LogP contribution in [0.3, 0.4) is 0 Å². The summed E-state index contributed by atoms with van der Waals surface area (Å²) in [5.74, 6) is 0.219. The second-order valence-corrected chi connectivity index (χ2v) is 15.8. The van der Waals surface area contributed by atoms with Crippen molar-refractivity contribution in [3.8, 4) is 23.0 Å². The van der Waals surface area contributed by atoms with Crippen LogP contribution in [-0.4, -0.2) is 16.6 Å². The fraction of sp³-hybridized carbons (Fsp3) is 0.237. The monoisotopic (exact) mass is 731 g/mol. The number of ether oxygens (including phenoxy) is 1. The minimum absolute atomic E-state index is 0.191. The largest absolute Gasteiger partial charge is 0.648 e. The quantitative estimate of drug-likeness (QED) is 0.130. The lowest BCUT2D eigenvalue weighted by molar-refractivity contribution is 0.0186. The van der Waals surface area contributed by atoms with Crippen LogP contribution in [0.1, 0.15) is 46.5 Å². The molecular weight excluding hydrogens is 692 g/mol. The van der Waals surface area contributed by atoms with Gasteiger partial charge < -0.3 is 31.9 Å². The molecule has 0 N–H and O–H groups in total. The van der Waals surface area contributed by atoms with Gasteiger partial charge in [-0.3, -0.25) is 0 Å². The average molecular weight is 732 g/mol. The molecule has 1 heterocycles. The molecule has 1 aliphatic carbocycles. The molecule has 1 fully saturated rings. The SMILES string of the molecule is CC(C)(C)OC(=O)N1C(OP(=O)(Oc2ccccc2)Oc2ccccc2)=CC2(C=C1OP(=O)(Oc1ccccc1)Oc1ccccc1)CCCC2. The van der Waals surface area contributed by atoms with E-state index in [-0.39, 0.29) is 34.8 Å². The first kappa shape index (κ1) is 35.7. The molecule has 1 amide bonds. The van der Waals surface area contributed by atoms with Crippen molar-refractivity contribution in [1.29, 1.82) is 0 Å². The van der Waals surface area contributed by atoms with Gasteiger partial charge in [0.1, 0.15) is 28.6 Å². The molecule has 0 radical (unpaired) electrons. The smallest absolute Gasteiger partial charge is 0.443 e. The standard InChI is InChI=1S/C38H39NO10P2/c1-37(2,3)43-36(40)39-34(48-50(41,44-30-18-8-4-9-19-30)45-31-20-10-5-11-21-31)28-38(26-16-17-27-38)29-35(39)49-51(42,46-32-22-12-6-13-23-32)47-33-24-14-7-15-25-33/h4-15,18-25,28-29H,16-17,26-27H2,1-3H3. The number of hydrogen-bond donors (Lipinski definition) is 0. The fourth-order valence-electron chi connectivity index (χ4n) is 5.50. The summed E-state index contributed by atoms with van der Waals surface area (Å²) in [5, 5.41) is 0. The van der Waals surface area contributed by atoms with Crippen molar-refractivity contribution in [3.63, 3.8) is 0 Å². The second-order valence-electron chi connectivity index (χ2n) is 12.9. The highest BCUT2D eigenvalue weighted by Gasteiger charge is 2.48. The first-order valence-corrected chi connectivity index (χ1v) is 19.4. The highest BCUT2D eigenvalue weighted by molar-refractivity contribution is 7.49. The number of phosphoric acid groups is 2. The Labute approximate surface area is 297 Å². The molecule has 51 heavy (non-hydrogen) atoms. The zero-order valence-electron chi connectivity index (χ0n) is 28.5. The maximum atomic E-state index is 14.7. The Hall–Kier alpha value is -5.11. The molecular formula is C38H39NO10P2. The maximum absolute atomic E-state index is 14.7. The van der Waals surface area contributed by atoms with Gasteiger partial charge in [-0.1, -0.05) is 85.6 Å². The Morgan fingerprint density at radius 3 is 1.16 bits per heavy atom. The zero-order chi connectivity index (χ0) is 36.0. The van der Waals surface area contributed by atoms with E-state index in [2.05, 4.69) is 0 Å². The number of amides is 1. The molecule has 2 aliphatic rings. The average Bonchev–Trinajstić information content (AvgIpc) is 3.52. The lowest BCUT2D eigenvalue weighted by Crippen LogP contribution is -2.40. The van der Waals surface area contributed by atoms with Gasteiger partial charge in [-0.2, -0.15) is 14.0 Å². The lowest BCUT2D eigenvalue weighted by atomic mass is 9.84. The highest BCUT2D eigenvalue weighted by Crippen LogP contribution is 2.58. The zero-order valence-corrected chi connectivity index (χ0v) is 30.2. The van der Waals surface area contributed by atoms with Crippen molar-refractivity contribution in [3.05, 3.63) is 145 Å². The van der Waals surface area contributed by atoms with E-state index in [4.69, 9.17) is 31.9 Å². The lowest BCUT2D eigenvalue weighted by Gasteiger charge is -2.37. The summed E-state index contributed by atoms with van der Waals surface area (Å²) >= 11 is 0. The predicted molar refractivity (Wildman–Crippen MR) is 191 cm³/mol. The molecule has 1 spiro atoms. The number of carbonyl (C=O) groups excluding carboxylic acids is 1. The van der Waals surface area contributed by atoms with E-state index >= 15 is 0 Å². The van der Waals surface area contributed by atoms with Gasteiger partial charge >= 0.3 is 21.7 Å². The van der Waals surface area contributed by atoms with Crippen LogP contribution < -0.4 is 18.1 Å². The Balaban J connectivity index is 1.44. The van der Waals surface area contributed by atoms with E-state index in [1.54, 1.807) is 154 Å². The van der Waals surface area contributed by atoms with Crippen LogP contribution in [0.15, 0.2) is 145 Å². The summed E-state index contributed by atoms with van der Waals surface area (Å²) in [6.07, 6.45) is 5.25. The third-order valence-corrected chi connectivity index (χ3v) is 10.2. The fourth-order valence-corrected chi connectivity index (χ4v) is 7.97. The van der Waals surface area contributed by atoms with Gasteiger partial charge in [0.2, 0.25) is 11.8 Å². The Morgan fingerprint density at radius 1 is 0.549 bits per heavy atom. The van der Waals surface area contributed by atoms with Gasteiger partial charge in [0, 0.05) is 5.41 Å². The summed E-state index contributed by atoms with van der Waals surface area (Å²) in [6, 6.07) is 33.5. The minimum Gasteiger partial charge on any atom is -0.443 e. The van der Waals surface area contributed by atoms with E-state index < -0.39 is 32.8 Å². The number of nitrogens with zero attached hydrogens (tertiary/aromatic N) is 1. The van der Waals surface area contributed by atoms with Crippen LogP contribution >= 0.6 is 15.6 Å². The molecule has 0 bridgehead atoms. The van der Waals surface area contributed by atoms with Crippen LogP contribution in [0.4, 0.5) is 4.79 Å². The molecule has 1 aliphatic heterocycles. The van der Waals surface area contributed by atoms with E-state index in [9.17, 15) is 13.9 Å². The third kappa shape index (κ3) is 9.57. The number of allylic oxidation sites excluding steroid dienone is 2. The van der Waals surface area contributed by atoms with Crippen molar-refractivity contribution < 1.29 is 45.8 Å². The summed E-state index contributed by atoms with van der Waals surface area (Å²) in [6.45, 7) is 5.06. The van der Waals surface area contributed by atoms with E-state index in [0.29, 0.717) is 12.8 Å². The molecule has 13 heteroatoms. The van der Waals surface area contributed by atoms with E-state index in [1.807, 2.05) is 0 Å². The van der Waals surface area contributed by atoms with Crippen LogP contribution in [0.5, 0.6) is 23.0 Å². The van der Waals surface area contributed by atoms with Crippen molar-refractivity contribution in [2.75, 3.05) is 0 Å². The predicted octanol–water partition coefficient (Wildman–Crippen LogP) is 11.0.